The van der Waals surface area contributed by atoms with E-state index in [1.54, 1.807) is 44.2 Å². The molecular weight excluding hydrogens is 522 g/mol. The van der Waals surface area contributed by atoms with Gasteiger partial charge in [-0.1, -0.05) is 24.3 Å². The molecule has 6 heteroatoms. The van der Waals surface area contributed by atoms with Gasteiger partial charge in [-0.15, -0.1) is 0 Å². The van der Waals surface area contributed by atoms with Gasteiger partial charge in [0, 0.05) is 25.0 Å². The molecule has 3 aromatic rings. The summed E-state index contributed by atoms with van der Waals surface area (Å²) in [7, 11) is 0. The van der Waals surface area contributed by atoms with Crippen molar-refractivity contribution >= 4 is 17.8 Å². The molecule has 4 nitrogen and oxygen atoms in total. The van der Waals surface area contributed by atoms with Crippen molar-refractivity contribution in [3.8, 4) is 5.75 Å². The molecule has 1 unspecified atom stereocenters. The molecule has 41 heavy (non-hydrogen) atoms. The predicted molar refractivity (Wildman–Crippen MR) is 157 cm³/mol. The van der Waals surface area contributed by atoms with Gasteiger partial charge >= 0.3 is 5.97 Å². The van der Waals surface area contributed by atoms with E-state index in [2.05, 4.69) is 0 Å². The Labute approximate surface area is 241 Å². The number of ketones is 1. The molecule has 3 aromatic carbocycles. The van der Waals surface area contributed by atoms with Crippen LogP contribution in [0, 0.1) is 18.7 Å². The summed E-state index contributed by atoms with van der Waals surface area (Å²) >= 11 is 0. The largest absolute Gasteiger partial charge is 0.462 e. The summed E-state index contributed by atoms with van der Waals surface area (Å²) in [5, 5.41) is 0. The number of rotatable bonds is 7. The molecule has 1 aliphatic carbocycles. The van der Waals surface area contributed by atoms with Crippen molar-refractivity contribution in [1.82, 2.24) is 0 Å². The summed E-state index contributed by atoms with van der Waals surface area (Å²) in [6.07, 6.45) is 6.51. The lowest BCUT2D eigenvalue weighted by molar-refractivity contribution is -0.0257. The maximum Gasteiger partial charge on any atom is 0.338 e. The minimum atomic E-state index is -1.80. The molecule has 0 N–H and O–H groups in total. The third-order valence-corrected chi connectivity index (χ3v) is 7.36. The Bertz CT molecular complexity index is 1420. The Balaban J connectivity index is 1.67. The first-order valence-electron chi connectivity index (χ1n) is 14.3. The van der Waals surface area contributed by atoms with E-state index in [4.69, 9.17) is 9.47 Å². The van der Waals surface area contributed by atoms with Gasteiger partial charge in [0.2, 0.25) is 5.85 Å². The van der Waals surface area contributed by atoms with Crippen LogP contribution in [0.25, 0.3) is 6.08 Å². The van der Waals surface area contributed by atoms with E-state index in [1.165, 1.54) is 19.9 Å². The van der Waals surface area contributed by atoms with Crippen LogP contribution < -0.4 is 4.74 Å². The third kappa shape index (κ3) is 8.35. The summed E-state index contributed by atoms with van der Waals surface area (Å²) in [5.41, 5.74) is 5.04. The van der Waals surface area contributed by atoms with Crippen LogP contribution in [-0.2, 0) is 17.6 Å². The zero-order chi connectivity index (χ0) is 29.6. The fourth-order valence-corrected chi connectivity index (χ4v) is 5.36. The number of allylic oxidation sites excluding steroid dienone is 1. The molecule has 0 fully saturated rings. The number of carbonyl (C=O) groups excluding carboxylic acids is 2. The highest BCUT2D eigenvalue weighted by molar-refractivity contribution is 6.12. The van der Waals surface area contributed by atoms with Gasteiger partial charge in [-0.3, -0.25) is 4.79 Å². The van der Waals surface area contributed by atoms with E-state index < -0.39 is 11.8 Å². The van der Waals surface area contributed by atoms with Crippen LogP contribution in [0.4, 0.5) is 8.78 Å². The number of aryl methyl sites for hydroxylation is 2. The Morgan fingerprint density at radius 1 is 1.02 bits per heavy atom. The highest BCUT2D eigenvalue weighted by Crippen LogP contribution is 2.30. The Kier molecular flexibility index (Phi) is 9.74. The van der Waals surface area contributed by atoms with Crippen molar-refractivity contribution < 1.29 is 27.8 Å². The van der Waals surface area contributed by atoms with E-state index in [0.29, 0.717) is 46.8 Å². The lowest BCUT2D eigenvalue weighted by atomic mass is 9.83. The molecule has 216 valence electrons. The zero-order valence-electron chi connectivity index (χ0n) is 24.3. The zero-order valence-corrected chi connectivity index (χ0v) is 24.3. The van der Waals surface area contributed by atoms with Crippen LogP contribution in [0.2, 0.25) is 0 Å². The van der Waals surface area contributed by atoms with Crippen molar-refractivity contribution in [1.29, 1.82) is 0 Å². The van der Waals surface area contributed by atoms with E-state index in [0.717, 1.165) is 42.4 Å². The second kappa shape index (κ2) is 13.2. The second-order valence-electron chi connectivity index (χ2n) is 11.2. The summed E-state index contributed by atoms with van der Waals surface area (Å²) < 4.78 is 38.3. The van der Waals surface area contributed by atoms with Gasteiger partial charge in [0.25, 0.3) is 0 Å². The molecule has 1 aliphatic rings. The van der Waals surface area contributed by atoms with Gasteiger partial charge in [0.1, 0.15) is 11.6 Å². The number of benzene rings is 3. The van der Waals surface area contributed by atoms with Gasteiger partial charge in [0.05, 0.1) is 12.2 Å². The molecule has 0 heterocycles. The first kappa shape index (κ1) is 30.2. The fraction of sp³-hybridized carbons (Fsp3) is 0.371. The van der Waals surface area contributed by atoms with Gasteiger partial charge < -0.3 is 9.47 Å². The number of carbonyl (C=O) groups is 2. The van der Waals surface area contributed by atoms with Crippen LogP contribution in [0.3, 0.4) is 0 Å². The molecule has 0 radical (unpaired) electrons. The molecule has 4 rings (SSSR count). The molecular formula is C35H38F2O4. The van der Waals surface area contributed by atoms with Crippen LogP contribution in [0.15, 0.2) is 66.2 Å². The van der Waals surface area contributed by atoms with Crippen LogP contribution in [-0.4, -0.2) is 24.2 Å². The summed E-state index contributed by atoms with van der Waals surface area (Å²) in [5.74, 6) is -1.78. The Hall–Kier alpha value is -3.80. The van der Waals surface area contributed by atoms with E-state index >= 15 is 0 Å². The maximum atomic E-state index is 14.0. The minimum Gasteiger partial charge on any atom is -0.462 e. The summed E-state index contributed by atoms with van der Waals surface area (Å²) in [6, 6.07) is 17.4. The van der Waals surface area contributed by atoms with Crippen molar-refractivity contribution in [3.63, 3.8) is 0 Å². The number of fused-ring (bicyclic) bond motifs is 1. The van der Waals surface area contributed by atoms with Crippen LogP contribution >= 0.6 is 0 Å². The van der Waals surface area contributed by atoms with Gasteiger partial charge in [-0.25, -0.2) is 9.18 Å². The van der Waals surface area contributed by atoms with E-state index in [9.17, 15) is 18.4 Å². The monoisotopic (exact) mass is 560 g/mol. The fourth-order valence-electron chi connectivity index (χ4n) is 5.36. The minimum absolute atomic E-state index is 0.0705. The number of halogens is 2. The molecule has 0 spiro atoms. The molecule has 0 saturated carbocycles. The van der Waals surface area contributed by atoms with Crippen LogP contribution in [0.1, 0.15) is 89.4 Å². The SMILES string of the molecule is CCOC(=O)c1ccc2c(c1)CCCC(Cc1ccc(F)c(C)c1)CCC(=Cc1ccc(OC(C)(C)F)cc1)C2=O. The number of hydrogen-bond acceptors (Lipinski definition) is 4. The summed E-state index contributed by atoms with van der Waals surface area (Å²) in [4.78, 5) is 26.4. The molecule has 0 saturated heterocycles. The Morgan fingerprint density at radius 2 is 1.78 bits per heavy atom. The molecule has 0 aliphatic heterocycles. The van der Waals surface area contributed by atoms with Gasteiger partial charge in [-0.05, 0) is 123 Å². The number of ether oxygens (including phenoxy) is 2. The standard InChI is InChI=1S/C35H38F2O4/c1-5-40-34(39)29-14-17-31-27(22-29)8-6-7-24(20-26-12-18-32(36)23(2)19-26)9-13-28(33(31)38)21-25-10-15-30(16-11-25)41-35(3,4)37/h10-12,14-19,21-22,24H,5-9,13,20H2,1-4H3. The first-order chi connectivity index (χ1) is 19.5. The smallest absolute Gasteiger partial charge is 0.338 e. The average molecular weight is 561 g/mol. The predicted octanol–water partition coefficient (Wildman–Crippen LogP) is 8.64. The molecule has 0 bridgehead atoms. The highest BCUT2D eigenvalue weighted by atomic mass is 19.2. The maximum absolute atomic E-state index is 14.0. The van der Waals surface area contributed by atoms with Crippen molar-refractivity contribution in [3.05, 3.63) is 105 Å². The summed E-state index contributed by atoms with van der Waals surface area (Å²) in [6.45, 7) is 6.50. The van der Waals surface area contributed by atoms with Gasteiger partial charge in [0.15, 0.2) is 5.78 Å². The molecule has 1 atom stereocenters. The van der Waals surface area contributed by atoms with Crippen LogP contribution in [0.5, 0.6) is 5.75 Å². The topological polar surface area (TPSA) is 52.6 Å². The molecule has 0 aromatic heterocycles. The Morgan fingerprint density at radius 3 is 2.46 bits per heavy atom. The third-order valence-electron chi connectivity index (χ3n) is 7.36. The lowest BCUT2D eigenvalue weighted by Gasteiger charge is -2.21. The quantitative estimate of drug-likeness (QED) is 0.214. The van der Waals surface area contributed by atoms with Crippen molar-refractivity contribution in [2.45, 2.75) is 72.1 Å². The second-order valence-corrected chi connectivity index (χ2v) is 11.2. The highest BCUT2D eigenvalue weighted by Gasteiger charge is 2.23. The molecule has 0 amide bonds. The number of esters is 1. The first-order valence-corrected chi connectivity index (χ1v) is 14.3. The normalized spacial score (nSPS) is 17.2. The van der Waals surface area contributed by atoms with E-state index in [1.807, 2.05) is 30.3 Å². The van der Waals surface area contributed by atoms with E-state index in [-0.39, 0.29) is 18.2 Å². The number of alkyl halides is 1. The van der Waals surface area contributed by atoms with Crippen molar-refractivity contribution in [2.75, 3.05) is 6.61 Å². The van der Waals surface area contributed by atoms with Gasteiger partial charge in [-0.2, -0.15) is 4.39 Å². The number of hydrogen-bond donors (Lipinski definition) is 0. The number of Topliss-reactive ketones (excluding diaryl/α,β-unsaturated/α-hetero) is 1. The van der Waals surface area contributed by atoms with Crippen molar-refractivity contribution in [2.24, 2.45) is 5.92 Å². The lowest BCUT2D eigenvalue weighted by Crippen LogP contribution is -2.20. The average Bonchev–Trinajstić information content (AvgIpc) is 2.92.